The number of hydrogen-bond acceptors (Lipinski definition) is 2. The minimum Gasteiger partial charge on any atom is -0.386 e. The van der Waals surface area contributed by atoms with E-state index in [1.54, 1.807) is 20.0 Å². The van der Waals surface area contributed by atoms with Crippen molar-refractivity contribution in [1.29, 1.82) is 0 Å². The lowest BCUT2D eigenvalue weighted by atomic mass is 10.00. The normalized spacial score (nSPS) is 11.8. The van der Waals surface area contributed by atoms with E-state index in [2.05, 4.69) is 5.10 Å². The number of hydrogen-bond donors (Lipinski definition) is 1. The zero-order valence-electron chi connectivity index (χ0n) is 9.81. The Balaban J connectivity index is 2.50. The number of rotatable bonds is 2. The molecule has 16 heavy (non-hydrogen) atoms. The van der Waals surface area contributed by atoms with E-state index in [4.69, 9.17) is 0 Å². The van der Waals surface area contributed by atoms with Gasteiger partial charge in [-0.3, -0.25) is 0 Å². The second-order valence-electron chi connectivity index (χ2n) is 4.45. The van der Waals surface area contributed by atoms with Gasteiger partial charge in [0, 0.05) is 11.3 Å². The van der Waals surface area contributed by atoms with Gasteiger partial charge in [0.1, 0.15) is 0 Å². The topological polar surface area (TPSA) is 38.1 Å². The SMILES string of the molecule is Cc1c(C(C)(C)O)cnn1-c1ccccc1. The lowest BCUT2D eigenvalue weighted by molar-refractivity contribution is 0.0779. The van der Waals surface area contributed by atoms with Gasteiger partial charge in [0.2, 0.25) is 0 Å². The quantitative estimate of drug-likeness (QED) is 0.837. The molecule has 84 valence electrons. The maximum Gasteiger partial charge on any atom is 0.0873 e. The van der Waals surface area contributed by atoms with E-state index < -0.39 is 5.60 Å². The van der Waals surface area contributed by atoms with Crippen molar-refractivity contribution in [2.24, 2.45) is 0 Å². The van der Waals surface area contributed by atoms with Crippen LogP contribution in [0.2, 0.25) is 0 Å². The van der Waals surface area contributed by atoms with Gasteiger partial charge in [0.15, 0.2) is 0 Å². The van der Waals surface area contributed by atoms with E-state index in [0.717, 1.165) is 16.9 Å². The lowest BCUT2D eigenvalue weighted by Crippen LogP contribution is -2.16. The summed E-state index contributed by atoms with van der Waals surface area (Å²) in [5, 5.41) is 14.3. The molecule has 0 bridgehead atoms. The van der Waals surface area contributed by atoms with E-state index in [-0.39, 0.29) is 0 Å². The van der Waals surface area contributed by atoms with E-state index in [9.17, 15) is 5.11 Å². The van der Waals surface area contributed by atoms with E-state index in [0.29, 0.717) is 0 Å². The average molecular weight is 216 g/mol. The Bertz CT molecular complexity index is 480. The van der Waals surface area contributed by atoms with Crippen LogP contribution in [0.4, 0.5) is 0 Å². The van der Waals surface area contributed by atoms with E-state index in [1.165, 1.54) is 0 Å². The molecule has 0 unspecified atom stereocenters. The van der Waals surface area contributed by atoms with Crippen molar-refractivity contribution in [3.63, 3.8) is 0 Å². The van der Waals surface area contributed by atoms with Crippen LogP contribution >= 0.6 is 0 Å². The minimum absolute atomic E-state index is 0.850. The molecule has 1 aromatic heterocycles. The molecular formula is C13H16N2O. The van der Waals surface area contributed by atoms with Gasteiger partial charge in [-0.05, 0) is 32.9 Å². The molecule has 0 saturated heterocycles. The van der Waals surface area contributed by atoms with Crippen LogP contribution in [0.3, 0.4) is 0 Å². The van der Waals surface area contributed by atoms with Gasteiger partial charge >= 0.3 is 0 Å². The van der Waals surface area contributed by atoms with Crippen molar-refractivity contribution >= 4 is 0 Å². The molecule has 1 aromatic carbocycles. The molecule has 0 atom stereocenters. The molecule has 0 fully saturated rings. The fraction of sp³-hybridized carbons (Fsp3) is 0.308. The molecule has 2 aromatic rings. The second kappa shape index (κ2) is 3.76. The molecule has 1 N–H and O–H groups in total. The summed E-state index contributed by atoms with van der Waals surface area (Å²) in [6, 6.07) is 9.90. The highest BCUT2D eigenvalue weighted by Crippen LogP contribution is 2.24. The predicted molar refractivity (Wildman–Crippen MR) is 63.5 cm³/mol. The molecule has 0 amide bonds. The monoisotopic (exact) mass is 216 g/mol. The molecular weight excluding hydrogens is 200 g/mol. The third-order valence-corrected chi connectivity index (χ3v) is 2.67. The largest absolute Gasteiger partial charge is 0.386 e. The Kier molecular flexibility index (Phi) is 2.56. The van der Waals surface area contributed by atoms with Crippen LogP contribution in [0.1, 0.15) is 25.1 Å². The molecule has 0 aliphatic carbocycles. The van der Waals surface area contributed by atoms with Crippen LogP contribution in [0.25, 0.3) is 5.69 Å². The molecule has 0 aliphatic rings. The van der Waals surface area contributed by atoms with Crippen molar-refractivity contribution in [2.75, 3.05) is 0 Å². The van der Waals surface area contributed by atoms with Gasteiger partial charge in [0.25, 0.3) is 0 Å². The Morgan fingerprint density at radius 2 is 1.81 bits per heavy atom. The molecule has 0 aliphatic heterocycles. The first-order chi connectivity index (χ1) is 7.50. The van der Waals surface area contributed by atoms with Crippen LogP contribution in [0, 0.1) is 6.92 Å². The predicted octanol–water partition coefficient (Wildman–Crippen LogP) is 2.41. The van der Waals surface area contributed by atoms with Gasteiger partial charge in [-0.25, -0.2) is 4.68 Å². The summed E-state index contributed by atoms with van der Waals surface area (Å²) >= 11 is 0. The third kappa shape index (κ3) is 1.86. The Morgan fingerprint density at radius 1 is 1.19 bits per heavy atom. The second-order valence-corrected chi connectivity index (χ2v) is 4.45. The van der Waals surface area contributed by atoms with Crippen LogP contribution in [0.15, 0.2) is 36.5 Å². The fourth-order valence-electron chi connectivity index (χ4n) is 1.84. The summed E-state index contributed by atoms with van der Waals surface area (Å²) in [6.45, 7) is 5.51. The highest BCUT2D eigenvalue weighted by molar-refractivity contribution is 5.35. The van der Waals surface area contributed by atoms with E-state index >= 15 is 0 Å². The number of aromatic nitrogens is 2. The molecule has 0 radical (unpaired) electrons. The molecule has 0 spiro atoms. The van der Waals surface area contributed by atoms with Crippen molar-refractivity contribution in [3.8, 4) is 5.69 Å². The Labute approximate surface area is 95.3 Å². The van der Waals surface area contributed by atoms with Crippen LogP contribution < -0.4 is 0 Å². The van der Waals surface area contributed by atoms with Crippen LogP contribution in [-0.2, 0) is 5.60 Å². The summed E-state index contributed by atoms with van der Waals surface area (Å²) in [5.74, 6) is 0. The van der Waals surface area contributed by atoms with Gasteiger partial charge in [-0.15, -0.1) is 0 Å². The smallest absolute Gasteiger partial charge is 0.0873 e. The maximum atomic E-state index is 9.98. The summed E-state index contributed by atoms with van der Waals surface area (Å²) in [6.07, 6.45) is 1.72. The van der Waals surface area contributed by atoms with Gasteiger partial charge in [0.05, 0.1) is 17.5 Å². The molecule has 3 nitrogen and oxygen atoms in total. The molecule has 1 heterocycles. The number of nitrogens with zero attached hydrogens (tertiary/aromatic N) is 2. The van der Waals surface area contributed by atoms with Crippen LogP contribution in [-0.4, -0.2) is 14.9 Å². The van der Waals surface area contributed by atoms with Gasteiger partial charge < -0.3 is 5.11 Å². The first-order valence-corrected chi connectivity index (χ1v) is 5.33. The van der Waals surface area contributed by atoms with Crippen molar-refractivity contribution in [1.82, 2.24) is 9.78 Å². The van der Waals surface area contributed by atoms with Crippen LogP contribution in [0.5, 0.6) is 0 Å². The summed E-state index contributed by atoms with van der Waals surface area (Å²) in [5.41, 5.74) is 1.99. The Morgan fingerprint density at radius 3 is 2.31 bits per heavy atom. The first-order valence-electron chi connectivity index (χ1n) is 5.33. The maximum absolute atomic E-state index is 9.98. The van der Waals surface area contributed by atoms with E-state index in [1.807, 2.05) is 41.9 Å². The van der Waals surface area contributed by atoms with Crippen molar-refractivity contribution < 1.29 is 5.11 Å². The highest BCUT2D eigenvalue weighted by Gasteiger charge is 2.22. The van der Waals surface area contributed by atoms with Gasteiger partial charge in [-0.1, -0.05) is 18.2 Å². The fourth-order valence-corrected chi connectivity index (χ4v) is 1.84. The Hall–Kier alpha value is -1.61. The van der Waals surface area contributed by atoms with Gasteiger partial charge in [-0.2, -0.15) is 5.10 Å². The molecule has 3 heteroatoms. The zero-order chi connectivity index (χ0) is 11.8. The summed E-state index contributed by atoms with van der Waals surface area (Å²) < 4.78 is 1.84. The lowest BCUT2D eigenvalue weighted by Gasteiger charge is -2.16. The highest BCUT2D eigenvalue weighted by atomic mass is 16.3. The average Bonchev–Trinajstić information content (AvgIpc) is 2.61. The van der Waals surface area contributed by atoms with Crippen molar-refractivity contribution in [3.05, 3.63) is 47.8 Å². The number of para-hydroxylation sites is 1. The first kappa shape index (κ1) is 10.9. The standard InChI is InChI=1S/C13H16N2O/c1-10-12(13(2,3)16)9-14-15(10)11-7-5-4-6-8-11/h4-9,16H,1-3H3. The number of benzene rings is 1. The van der Waals surface area contributed by atoms with Crippen molar-refractivity contribution in [2.45, 2.75) is 26.4 Å². The summed E-state index contributed by atoms with van der Waals surface area (Å²) in [7, 11) is 0. The third-order valence-electron chi connectivity index (χ3n) is 2.67. The number of aliphatic hydroxyl groups is 1. The minimum atomic E-state index is -0.850. The molecule has 2 rings (SSSR count). The molecule has 0 saturated carbocycles. The zero-order valence-corrected chi connectivity index (χ0v) is 9.81. The summed E-state index contributed by atoms with van der Waals surface area (Å²) in [4.78, 5) is 0.